The van der Waals surface area contributed by atoms with Crippen LogP contribution in [-0.4, -0.2) is 120 Å². The first-order valence-electron chi connectivity index (χ1n) is 12.6. The maximum absolute atomic E-state index is 13.5. The zero-order valence-electron chi connectivity index (χ0n) is 21.4. The van der Waals surface area contributed by atoms with Gasteiger partial charge < -0.3 is 74.4 Å². The predicted octanol–water partition coefficient (Wildman–Crippen LogP) is -2.08. The Labute approximate surface area is 235 Å². The fourth-order valence-corrected chi connectivity index (χ4v) is 4.61. The highest BCUT2D eigenvalue weighted by molar-refractivity contribution is 5.88. The van der Waals surface area contributed by atoms with Crippen LogP contribution in [0, 0.1) is 0 Å². The van der Waals surface area contributed by atoms with Crippen LogP contribution >= 0.6 is 0 Å². The summed E-state index contributed by atoms with van der Waals surface area (Å²) in [6.45, 7) is -0.970. The van der Waals surface area contributed by atoms with Crippen LogP contribution in [-0.2, 0) is 14.2 Å². The standard InChI is InChI=1S/C26H28O16/c27-9-4-12(30)16-14(5-9)40-23(8-1-2-10(28)11(29)3-8)24(19(16)34)42-26-22(37)20(35)18(33)15(41-26)7-39-25-21(36)17(32)13(31)6-38-25/h1-5,13,15,17-18,20-22,25-33,35-37H,6-7H2/t13-,15+,17+,18+,20-,21+,22+,25-,26-/m0/s1. The second-order valence-electron chi connectivity index (χ2n) is 9.85. The van der Waals surface area contributed by atoms with Crippen LogP contribution in [0.2, 0.25) is 0 Å². The molecular formula is C26H28O16. The fraction of sp³-hybridized carbons (Fsp3) is 0.423. The number of hydrogen-bond acceptors (Lipinski definition) is 16. The quantitative estimate of drug-likeness (QED) is 0.137. The third kappa shape index (κ3) is 5.42. The van der Waals surface area contributed by atoms with Crippen LogP contribution in [0.3, 0.4) is 0 Å². The number of ether oxygens (including phenoxy) is 4. The van der Waals surface area contributed by atoms with E-state index in [1.165, 1.54) is 6.07 Å². The summed E-state index contributed by atoms with van der Waals surface area (Å²) in [5, 5.41) is 101. The van der Waals surface area contributed by atoms with Gasteiger partial charge in [0.25, 0.3) is 0 Å². The molecule has 0 amide bonds. The Hall–Kier alpha value is -3.71. The molecule has 0 unspecified atom stereocenters. The lowest BCUT2D eigenvalue weighted by Crippen LogP contribution is -2.61. The first kappa shape index (κ1) is 29.8. The lowest BCUT2D eigenvalue weighted by Gasteiger charge is -2.41. The van der Waals surface area contributed by atoms with Gasteiger partial charge in [-0.1, -0.05) is 0 Å². The molecule has 16 nitrogen and oxygen atoms in total. The minimum absolute atomic E-state index is 0.0305. The molecule has 228 valence electrons. The van der Waals surface area contributed by atoms with Gasteiger partial charge in [-0.05, 0) is 18.2 Å². The second kappa shape index (κ2) is 11.5. The maximum Gasteiger partial charge on any atom is 0.239 e. The van der Waals surface area contributed by atoms with Crippen LogP contribution < -0.4 is 10.2 Å². The van der Waals surface area contributed by atoms with E-state index in [1.54, 1.807) is 0 Å². The van der Waals surface area contributed by atoms with Gasteiger partial charge in [-0.25, -0.2) is 0 Å². The summed E-state index contributed by atoms with van der Waals surface area (Å²) in [6.07, 6.45) is -15.1. The van der Waals surface area contributed by atoms with Gasteiger partial charge in [-0.2, -0.15) is 0 Å². The molecule has 42 heavy (non-hydrogen) atoms. The number of aromatic hydroxyl groups is 4. The monoisotopic (exact) mass is 596 g/mol. The number of rotatable bonds is 6. The minimum Gasteiger partial charge on any atom is -0.508 e. The van der Waals surface area contributed by atoms with Crippen molar-refractivity contribution in [3.63, 3.8) is 0 Å². The fourth-order valence-electron chi connectivity index (χ4n) is 4.61. The van der Waals surface area contributed by atoms with Crippen LogP contribution in [0.4, 0.5) is 0 Å². The third-order valence-corrected chi connectivity index (χ3v) is 6.94. The smallest absolute Gasteiger partial charge is 0.239 e. The highest BCUT2D eigenvalue weighted by atomic mass is 16.7. The zero-order chi connectivity index (χ0) is 30.5. The van der Waals surface area contributed by atoms with Gasteiger partial charge in [-0.15, -0.1) is 0 Å². The molecule has 0 spiro atoms. The summed E-state index contributed by atoms with van der Waals surface area (Å²) in [4.78, 5) is 13.5. The van der Waals surface area contributed by atoms with Crippen LogP contribution in [0.1, 0.15) is 0 Å². The third-order valence-electron chi connectivity index (χ3n) is 6.94. The Bertz CT molecular complexity index is 1510. The SMILES string of the molecule is O=c1c(O[C@@H]2O[C@H](CO[C@@H]3OC[C@H](O)[C@@H](O)[C@H]3O)[C@@H](O)[C@H](O)[C@H]2O)c(-c2ccc(O)c(O)c2)oc2cc(O)cc(O)c12. The van der Waals surface area contributed by atoms with Crippen molar-refractivity contribution in [2.75, 3.05) is 13.2 Å². The van der Waals surface area contributed by atoms with Crippen LogP contribution in [0.5, 0.6) is 28.7 Å². The van der Waals surface area contributed by atoms with E-state index in [1.807, 2.05) is 0 Å². The molecule has 2 saturated heterocycles. The van der Waals surface area contributed by atoms with Crippen LogP contribution in [0.15, 0.2) is 39.5 Å². The summed E-state index contributed by atoms with van der Waals surface area (Å²) in [5.41, 5.74) is -1.35. The van der Waals surface area contributed by atoms with Crippen molar-refractivity contribution in [3.8, 4) is 40.1 Å². The lowest BCUT2D eigenvalue weighted by atomic mass is 9.99. The normalized spacial score (nSPS) is 31.7. The number of aliphatic hydroxyl groups is 6. The van der Waals surface area contributed by atoms with E-state index in [-0.39, 0.29) is 17.8 Å². The molecule has 9 atom stereocenters. The average Bonchev–Trinajstić information content (AvgIpc) is 2.94. The van der Waals surface area contributed by atoms with Gasteiger partial charge in [0, 0.05) is 17.7 Å². The molecule has 0 saturated carbocycles. The molecule has 3 heterocycles. The molecule has 3 aromatic rings. The molecular weight excluding hydrogens is 568 g/mol. The molecule has 5 rings (SSSR count). The molecule has 2 fully saturated rings. The Morgan fingerprint density at radius 2 is 1.50 bits per heavy atom. The van der Waals surface area contributed by atoms with E-state index in [2.05, 4.69) is 0 Å². The summed E-state index contributed by atoms with van der Waals surface area (Å²) >= 11 is 0. The molecule has 0 aliphatic carbocycles. The molecule has 2 aliphatic rings. The van der Waals surface area contributed by atoms with E-state index in [4.69, 9.17) is 23.4 Å². The Balaban J connectivity index is 1.48. The summed E-state index contributed by atoms with van der Waals surface area (Å²) < 4.78 is 27.5. The Kier molecular flexibility index (Phi) is 8.17. The molecule has 16 heteroatoms. The van der Waals surface area contributed by atoms with Gasteiger partial charge in [0.05, 0.1) is 13.2 Å². The maximum atomic E-state index is 13.5. The van der Waals surface area contributed by atoms with E-state index in [0.717, 1.165) is 24.3 Å². The molecule has 10 N–H and O–H groups in total. The average molecular weight is 596 g/mol. The zero-order valence-corrected chi connectivity index (χ0v) is 21.4. The van der Waals surface area contributed by atoms with E-state index >= 15 is 0 Å². The van der Waals surface area contributed by atoms with E-state index in [0.29, 0.717) is 0 Å². The van der Waals surface area contributed by atoms with Crippen molar-refractivity contribution in [1.29, 1.82) is 0 Å². The first-order chi connectivity index (χ1) is 19.9. The summed E-state index contributed by atoms with van der Waals surface area (Å²) in [7, 11) is 0. The summed E-state index contributed by atoms with van der Waals surface area (Å²) in [6, 6.07) is 5.23. The molecule has 0 radical (unpaired) electrons. The van der Waals surface area contributed by atoms with Crippen molar-refractivity contribution in [3.05, 3.63) is 40.6 Å². The number of fused-ring (bicyclic) bond motifs is 1. The topological polar surface area (TPSA) is 269 Å². The largest absolute Gasteiger partial charge is 0.508 e. The summed E-state index contributed by atoms with van der Waals surface area (Å²) in [5.74, 6) is -3.33. The number of benzene rings is 2. The number of hydrogen-bond donors (Lipinski definition) is 10. The van der Waals surface area contributed by atoms with Gasteiger partial charge in [0.1, 0.15) is 65.2 Å². The highest BCUT2D eigenvalue weighted by Gasteiger charge is 2.47. The van der Waals surface area contributed by atoms with Gasteiger partial charge in [-0.3, -0.25) is 4.79 Å². The molecule has 1 aromatic heterocycles. The highest BCUT2D eigenvalue weighted by Crippen LogP contribution is 2.39. The van der Waals surface area contributed by atoms with Crippen molar-refractivity contribution in [1.82, 2.24) is 0 Å². The Morgan fingerprint density at radius 1 is 0.786 bits per heavy atom. The van der Waals surface area contributed by atoms with Crippen molar-refractivity contribution < 1.29 is 74.4 Å². The van der Waals surface area contributed by atoms with Gasteiger partial charge >= 0.3 is 0 Å². The molecule has 0 bridgehead atoms. The molecule has 2 aliphatic heterocycles. The van der Waals surface area contributed by atoms with Crippen molar-refractivity contribution in [2.45, 2.75) is 55.3 Å². The lowest BCUT2D eigenvalue weighted by molar-refractivity contribution is -0.307. The Morgan fingerprint density at radius 3 is 2.21 bits per heavy atom. The van der Waals surface area contributed by atoms with Crippen molar-refractivity contribution in [2.24, 2.45) is 0 Å². The second-order valence-corrected chi connectivity index (χ2v) is 9.85. The van der Waals surface area contributed by atoms with Gasteiger partial charge in [0.2, 0.25) is 17.5 Å². The van der Waals surface area contributed by atoms with E-state index in [9.17, 15) is 55.9 Å². The predicted molar refractivity (Wildman–Crippen MR) is 136 cm³/mol. The van der Waals surface area contributed by atoms with Crippen LogP contribution in [0.25, 0.3) is 22.3 Å². The van der Waals surface area contributed by atoms with E-state index < -0.39 is 107 Å². The van der Waals surface area contributed by atoms with Crippen molar-refractivity contribution >= 4 is 11.0 Å². The number of phenols is 4. The number of aliphatic hydroxyl groups excluding tert-OH is 6. The first-order valence-corrected chi connectivity index (χ1v) is 12.6. The number of phenolic OH excluding ortho intramolecular Hbond substituents is 4. The van der Waals surface area contributed by atoms with Gasteiger partial charge in [0.15, 0.2) is 23.5 Å². The molecule has 2 aromatic carbocycles. The minimum atomic E-state index is -1.96.